The smallest absolute Gasteiger partial charge is 0.326 e. The summed E-state index contributed by atoms with van der Waals surface area (Å²) in [4.78, 5) is 24.3. The Morgan fingerprint density at radius 2 is 2.29 bits per heavy atom. The highest BCUT2D eigenvalue weighted by Gasteiger charge is 2.34. The lowest BCUT2D eigenvalue weighted by molar-refractivity contribution is -0.141. The molecule has 0 aromatic heterocycles. The van der Waals surface area contributed by atoms with Gasteiger partial charge in [0.2, 0.25) is 0 Å². The number of rotatable bonds is 5. The first kappa shape index (κ1) is 14.2. The number of urea groups is 1. The molecule has 0 spiro atoms. The molecule has 98 valence electrons. The first-order valence-corrected chi connectivity index (χ1v) is 7.09. The predicted molar refractivity (Wildman–Crippen MR) is 68.4 cm³/mol. The SMILES string of the molecule is CCSCC(C)NC(=O)N1CCC[C@@H]1C(=O)O. The topological polar surface area (TPSA) is 69.6 Å². The van der Waals surface area contributed by atoms with E-state index in [1.165, 1.54) is 4.90 Å². The van der Waals surface area contributed by atoms with Gasteiger partial charge in [-0.25, -0.2) is 9.59 Å². The van der Waals surface area contributed by atoms with Gasteiger partial charge in [0.05, 0.1) is 0 Å². The second kappa shape index (κ2) is 6.74. The third-order valence-electron chi connectivity index (χ3n) is 2.74. The second-order valence-electron chi connectivity index (χ2n) is 4.20. The lowest BCUT2D eigenvalue weighted by Crippen LogP contribution is -2.49. The average molecular weight is 260 g/mol. The molecule has 6 heteroatoms. The molecule has 1 heterocycles. The number of carboxylic acids is 1. The van der Waals surface area contributed by atoms with Crippen molar-refractivity contribution in [2.24, 2.45) is 0 Å². The molecular formula is C11H20N2O3S. The lowest BCUT2D eigenvalue weighted by Gasteiger charge is -2.24. The molecule has 1 rings (SSSR count). The summed E-state index contributed by atoms with van der Waals surface area (Å²) in [5, 5.41) is 11.8. The number of carbonyl (C=O) groups is 2. The Balaban J connectivity index is 2.43. The third kappa shape index (κ3) is 4.11. The van der Waals surface area contributed by atoms with Crippen molar-refractivity contribution in [1.29, 1.82) is 0 Å². The Labute approximate surface area is 106 Å². The summed E-state index contributed by atoms with van der Waals surface area (Å²) in [5.41, 5.74) is 0. The minimum Gasteiger partial charge on any atom is -0.480 e. The van der Waals surface area contributed by atoms with Gasteiger partial charge in [-0.1, -0.05) is 6.92 Å². The van der Waals surface area contributed by atoms with Crippen molar-refractivity contribution in [3.8, 4) is 0 Å². The van der Waals surface area contributed by atoms with Crippen LogP contribution in [-0.2, 0) is 4.79 Å². The van der Waals surface area contributed by atoms with E-state index >= 15 is 0 Å². The molecule has 0 saturated carbocycles. The summed E-state index contributed by atoms with van der Waals surface area (Å²) in [7, 11) is 0. The van der Waals surface area contributed by atoms with E-state index in [0.29, 0.717) is 13.0 Å². The minimum absolute atomic E-state index is 0.0718. The average Bonchev–Trinajstić information content (AvgIpc) is 2.75. The van der Waals surface area contributed by atoms with Crippen LogP contribution < -0.4 is 5.32 Å². The fourth-order valence-corrected chi connectivity index (χ4v) is 2.57. The van der Waals surface area contributed by atoms with Crippen molar-refractivity contribution in [3.05, 3.63) is 0 Å². The largest absolute Gasteiger partial charge is 0.480 e. The number of carbonyl (C=O) groups excluding carboxylic acids is 1. The van der Waals surface area contributed by atoms with Crippen molar-refractivity contribution in [2.45, 2.75) is 38.8 Å². The molecule has 0 aliphatic carbocycles. The molecule has 2 atom stereocenters. The summed E-state index contributed by atoms with van der Waals surface area (Å²) in [6.45, 7) is 4.54. The molecule has 1 unspecified atom stereocenters. The lowest BCUT2D eigenvalue weighted by atomic mass is 10.2. The zero-order chi connectivity index (χ0) is 12.8. The van der Waals surface area contributed by atoms with E-state index in [2.05, 4.69) is 12.2 Å². The highest BCUT2D eigenvalue weighted by Crippen LogP contribution is 2.17. The van der Waals surface area contributed by atoms with Crippen molar-refractivity contribution < 1.29 is 14.7 Å². The number of hydrogen-bond acceptors (Lipinski definition) is 3. The van der Waals surface area contributed by atoms with Crippen molar-refractivity contribution in [3.63, 3.8) is 0 Å². The standard InChI is InChI=1S/C11H20N2O3S/c1-3-17-7-8(2)12-11(16)13-6-4-5-9(13)10(14)15/h8-9H,3-7H2,1-2H3,(H,12,16)(H,14,15)/t8?,9-/m1/s1. The van der Waals surface area contributed by atoms with Crippen LogP contribution in [0.2, 0.25) is 0 Å². The Morgan fingerprint density at radius 1 is 1.59 bits per heavy atom. The molecule has 1 aliphatic heterocycles. The Morgan fingerprint density at radius 3 is 2.88 bits per heavy atom. The molecule has 5 nitrogen and oxygen atoms in total. The molecule has 0 radical (unpaired) electrons. The predicted octanol–water partition coefficient (Wildman–Crippen LogP) is 1.39. The molecule has 1 saturated heterocycles. The van der Waals surface area contributed by atoms with E-state index in [9.17, 15) is 9.59 Å². The molecule has 0 aromatic rings. The third-order valence-corrected chi connectivity index (χ3v) is 3.88. The quantitative estimate of drug-likeness (QED) is 0.783. The van der Waals surface area contributed by atoms with Gasteiger partial charge in [-0.2, -0.15) is 11.8 Å². The number of carboxylic acid groups (broad SMARTS) is 1. The van der Waals surface area contributed by atoms with Crippen molar-refractivity contribution >= 4 is 23.8 Å². The van der Waals surface area contributed by atoms with Crippen LogP contribution >= 0.6 is 11.8 Å². The highest BCUT2D eigenvalue weighted by atomic mass is 32.2. The number of hydrogen-bond donors (Lipinski definition) is 2. The maximum atomic E-state index is 11.9. The maximum Gasteiger partial charge on any atom is 0.326 e. The van der Waals surface area contributed by atoms with E-state index in [0.717, 1.165) is 17.9 Å². The Kier molecular flexibility index (Phi) is 5.61. The van der Waals surface area contributed by atoms with Gasteiger partial charge in [-0.3, -0.25) is 0 Å². The van der Waals surface area contributed by atoms with Gasteiger partial charge in [0.25, 0.3) is 0 Å². The van der Waals surface area contributed by atoms with Crippen LogP contribution in [0, 0.1) is 0 Å². The first-order chi connectivity index (χ1) is 8.06. The molecule has 0 bridgehead atoms. The molecule has 2 amide bonds. The number of aliphatic carboxylic acids is 1. The van der Waals surface area contributed by atoms with Crippen molar-refractivity contribution in [2.75, 3.05) is 18.1 Å². The molecule has 0 aromatic carbocycles. The number of nitrogens with zero attached hydrogens (tertiary/aromatic N) is 1. The van der Waals surface area contributed by atoms with E-state index in [4.69, 9.17) is 5.11 Å². The first-order valence-electron chi connectivity index (χ1n) is 5.94. The highest BCUT2D eigenvalue weighted by molar-refractivity contribution is 7.99. The summed E-state index contributed by atoms with van der Waals surface area (Å²) in [6.07, 6.45) is 1.32. The summed E-state index contributed by atoms with van der Waals surface area (Å²) in [5.74, 6) is 0.961. The molecular weight excluding hydrogens is 240 g/mol. The number of likely N-dealkylation sites (tertiary alicyclic amines) is 1. The number of thioether (sulfide) groups is 1. The van der Waals surface area contributed by atoms with Crippen molar-refractivity contribution in [1.82, 2.24) is 10.2 Å². The fourth-order valence-electron chi connectivity index (χ4n) is 1.90. The second-order valence-corrected chi connectivity index (χ2v) is 5.52. The molecule has 17 heavy (non-hydrogen) atoms. The summed E-state index contributed by atoms with van der Waals surface area (Å²) in [6, 6.07) is -0.831. The van der Waals surface area contributed by atoms with Crippen LogP contribution in [0.3, 0.4) is 0 Å². The van der Waals surface area contributed by atoms with Gasteiger partial charge in [0.1, 0.15) is 6.04 Å². The van der Waals surface area contributed by atoms with E-state index in [1.807, 2.05) is 6.92 Å². The zero-order valence-electron chi connectivity index (χ0n) is 10.3. The Bertz CT molecular complexity index is 286. The van der Waals surface area contributed by atoms with Crippen LogP contribution in [0.25, 0.3) is 0 Å². The molecule has 1 fully saturated rings. The zero-order valence-corrected chi connectivity index (χ0v) is 11.1. The van der Waals surface area contributed by atoms with Gasteiger partial charge >= 0.3 is 12.0 Å². The van der Waals surface area contributed by atoms with Crippen LogP contribution in [0.15, 0.2) is 0 Å². The normalized spacial score (nSPS) is 21.3. The Hall–Kier alpha value is -0.910. The van der Waals surface area contributed by atoms with Crippen LogP contribution in [-0.4, -0.2) is 52.1 Å². The van der Waals surface area contributed by atoms with Crippen LogP contribution in [0.1, 0.15) is 26.7 Å². The van der Waals surface area contributed by atoms with Gasteiger partial charge in [-0.05, 0) is 25.5 Å². The maximum absolute atomic E-state index is 11.9. The van der Waals surface area contributed by atoms with Gasteiger partial charge in [0.15, 0.2) is 0 Å². The monoisotopic (exact) mass is 260 g/mol. The number of nitrogens with one attached hydrogen (secondary N) is 1. The fraction of sp³-hybridized carbons (Fsp3) is 0.818. The van der Waals surface area contributed by atoms with Crippen LogP contribution in [0.4, 0.5) is 4.79 Å². The summed E-state index contributed by atoms with van der Waals surface area (Å²) < 4.78 is 0. The van der Waals surface area contributed by atoms with E-state index in [1.54, 1.807) is 11.8 Å². The van der Waals surface area contributed by atoms with Gasteiger partial charge < -0.3 is 15.3 Å². The number of amides is 2. The molecule has 2 N–H and O–H groups in total. The van der Waals surface area contributed by atoms with Gasteiger partial charge in [0, 0.05) is 18.3 Å². The van der Waals surface area contributed by atoms with E-state index in [-0.39, 0.29) is 12.1 Å². The summed E-state index contributed by atoms with van der Waals surface area (Å²) >= 11 is 1.76. The van der Waals surface area contributed by atoms with E-state index < -0.39 is 12.0 Å². The molecule has 1 aliphatic rings. The van der Waals surface area contributed by atoms with Gasteiger partial charge in [-0.15, -0.1) is 0 Å². The minimum atomic E-state index is -0.909. The van der Waals surface area contributed by atoms with Crippen LogP contribution in [0.5, 0.6) is 0 Å².